The van der Waals surface area contributed by atoms with E-state index < -0.39 is 0 Å². The largest absolute Gasteiger partial charge is 0.487 e. The van der Waals surface area contributed by atoms with Crippen molar-refractivity contribution in [1.29, 1.82) is 0 Å². The number of ether oxygens (including phenoxy) is 1. The van der Waals surface area contributed by atoms with Crippen LogP contribution in [0, 0.1) is 0 Å². The molecular formula is C13H17NO. The molecule has 0 amide bonds. The molecule has 1 aliphatic carbocycles. The van der Waals surface area contributed by atoms with Crippen LogP contribution in [0.25, 0.3) is 0 Å². The van der Waals surface area contributed by atoms with Crippen LogP contribution < -0.4 is 10.5 Å². The standard InChI is InChI=1S/C13H17NO/c1-13(2)7-8-4-3-5-9(12(8)15-13)10-6-11(10)14/h3-5,10-11H,6-7,14H2,1-2H3. The van der Waals surface area contributed by atoms with Crippen molar-refractivity contribution in [3.05, 3.63) is 29.3 Å². The molecule has 1 aromatic carbocycles. The highest BCUT2D eigenvalue weighted by Crippen LogP contribution is 2.48. The first kappa shape index (κ1) is 9.22. The quantitative estimate of drug-likeness (QED) is 0.759. The van der Waals surface area contributed by atoms with E-state index in [0.29, 0.717) is 12.0 Å². The molecule has 0 bridgehead atoms. The van der Waals surface area contributed by atoms with Gasteiger partial charge in [0, 0.05) is 18.4 Å². The molecule has 2 nitrogen and oxygen atoms in total. The van der Waals surface area contributed by atoms with E-state index in [1.165, 1.54) is 11.1 Å². The first-order valence-electron chi connectivity index (χ1n) is 5.63. The fourth-order valence-corrected chi connectivity index (χ4v) is 2.50. The van der Waals surface area contributed by atoms with Gasteiger partial charge in [-0.05, 0) is 31.4 Å². The molecule has 2 aliphatic rings. The first-order chi connectivity index (χ1) is 7.07. The van der Waals surface area contributed by atoms with Gasteiger partial charge in [-0.3, -0.25) is 0 Å². The molecule has 15 heavy (non-hydrogen) atoms. The zero-order valence-electron chi connectivity index (χ0n) is 9.29. The zero-order valence-corrected chi connectivity index (χ0v) is 9.29. The first-order valence-corrected chi connectivity index (χ1v) is 5.63. The summed E-state index contributed by atoms with van der Waals surface area (Å²) in [5, 5.41) is 0. The fourth-order valence-electron chi connectivity index (χ4n) is 2.50. The van der Waals surface area contributed by atoms with Crippen molar-refractivity contribution >= 4 is 0 Å². The maximum absolute atomic E-state index is 6.02. The summed E-state index contributed by atoms with van der Waals surface area (Å²) in [6.45, 7) is 4.28. The minimum absolute atomic E-state index is 0.0442. The van der Waals surface area contributed by atoms with E-state index in [-0.39, 0.29) is 5.60 Å². The van der Waals surface area contributed by atoms with Crippen molar-refractivity contribution in [2.45, 2.75) is 44.2 Å². The molecule has 0 aromatic heterocycles. The highest BCUT2D eigenvalue weighted by atomic mass is 16.5. The lowest BCUT2D eigenvalue weighted by Crippen LogP contribution is -2.24. The molecule has 1 fully saturated rings. The van der Waals surface area contributed by atoms with Crippen molar-refractivity contribution in [1.82, 2.24) is 0 Å². The molecular weight excluding hydrogens is 186 g/mol. The summed E-state index contributed by atoms with van der Waals surface area (Å²) in [5.41, 5.74) is 8.53. The van der Waals surface area contributed by atoms with Crippen LogP contribution in [0.15, 0.2) is 18.2 Å². The van der Waals surface area contributed by atoms with Gasteiger partial charge < -0.3 is 10.5 Å². The molecule has 1 aliphatic heterocycles. The molecule has 1 aromatic rings. The van der Waals surface area contributed by atoms with Crippen LogP contribution in [0.3, 0.4) is 0 Å². The summed E-state index contributed by atoms with van der Waals surface area (Å²) in [6.07, 6.45) is 2.12. The van der Waals surface area contributed by atoms with Gasteiger partial charge in [-0.1, -0.05) is 18.2 Å². The summed E-state index contributed by atoms with van der Waals surface area (Å²) in [6, 6.07) is 6.81. The highest BCUT2D eigenvalue weighted by molar-refractivity contribution is 5.49. The van der Waals surface area contributed by atoms with E-state index in [9.17, 15) is 0 Å². The van der Waals surface area contributed by atoms with Crippen molar-refractivity contribution < 1.29 is 4.74 Å². The summed E-state index contributed by atoms with van der Waals surface area (Å²) >= 11 is 0. The molecule has 80 valence electrons. The summed E-state index contributed by atoms with van der Waals surface area (Å²) in [4.78, 5) is 0. The minimum Gasteiger partial charge on any atom is -0.487 e. The third-order valence-electron chi connectivity index (χ3n) is 3.36. The third kappa shape index (κ3) is 1.44. The lowest BCUT2D eigenvalue weighted by molar-refractivity contribution is 0.137. The molecule has 1 saturated carbocycles. The van der Waals surface area contributed by atoms with Gasteiger partial charge in [-0.2, -0.15) is 0 Å². The Morgan fingerprint density at radius 1 is 1.40 bits per heavy atom. The molecule has 2 atom stereocenters. The average Bonchev–Trinajstić information content (AvgIpc) is 2.75. The van der Waals surface area contributed by atoms with Crippen LogP contribution in [0.5, 0.6) is 5.75 Å². The normalized spacial score (nSPS) is 30.9. The predicted octanol–water partition coefficient (Wildman–Crippen LogP) is 2.21. The van der Waals surface area contributed by atoms with Crippen LogP contribution in [0.2, 0.25) is 0 Å². The monoisotopic (exact) mass is 203 g/mol. The van der Waals surface area contributed by atoms with E-state index in [1.54, 1.807) is 0 Å². The van der Waals surface area contributed by atoms with Gasteiger partial charge in [0.25, 0.3) is 0 Å². The zero-order chi connectivity index (χ0) is 10.6. The van der Waals surface area contributed by atoms with Gasteiger partial charge in [0.2, 0.25) is 0 Å². The molecule has 1 heterocycles. The second-order valence-corrected chi connectivity index (χ2v) is 5.38. The Bertz CT molecular complexity index is 411. The van der Waals surface area contributed by atoms with Crippen LogP contribution in [0.4, 0.5) is 0 Å². The van der Waals surface area contributed by atoms with Crippen LogP contribution >= 0.6 is 0 Å². The minimum atomic E-state index is -0.0442. The maximum atomic E-state index is 6.02. The van der Waals surface area contributed by atoms with Gasteiger partial charge in [0.15, 0.2) is 0 Å². The van der Waals surface area contributed by atoms with Gasteiger partial charge in [0.05, 0.1) is 0 Å². The number of benzene rings is 1. The van der Waals surface area contributed by atoms with Crippen LogP contribution in [-0.2, 0) is 6.42 Å². The Hall–Kier alpha value is -1.02. The van der Waals surface area contributed by atoms with Crippen LogP contribution in [-0.4, -0.2) is 11.6 Å². The molecule has 0 spiro atoms. The predicted molar refractivity (Wildman–Crippen MR) is 60.2 cm³/mol. The van der Waals surface area contributed by atoms with E-state index in [1.807, 2.05) is 0 Å². The molecule has 3 rings (SSSR count). The highest BCUT2D eigenvalue weighted by Gasteiger charge is 2.40. The third-order valence-corrected chi connectivity index (χ3v) is 3.36. The summed E-state index contributed by atoms with van der Waals surface area (Å²) in [5.74, 6) is 1.65. The second kappa shape index (κ2) is 2.76. The summed E-state index contributed by atoms with van der Waals surface area (Å²) in [7, 11) is 0. The van der Waals surface area contributed by atoms with Crippen molar-refractivity contribution in [3.8, 4) is 5.75 Å². The Labute approximate surface area is 90.4 Å². The average molecular weight is 203 g/mol. The van der Waals surface area contributed by atoms with E-state index in [2.05, 4.69) is 32.0 Å². The van der Waals surface area contributed by atoms with Gasteiger partial charge in [-0.15, -0.1) is 0 Å². The number of fused-ring (bicyclic) bond motifs is 1. The van der Waals surface area contributed by atoms with E-state index in [4.69, 9.17) is 10.5 Å². The molecule has 0 saturated heterocycles. The molecule has 2 unspecified atom stereocenters. The number of para-hydroxylation sites is 1. The Morgan fingerprint density at radius 3 is 2.80 bits per heavy atom. The van der Waals surface area contributed by atoms with Crippen LogP contribution in [0.1, 0.15) is 37.3 Å². The molecule has 2 N–H and O–H groups in total. The number of rotatable bonds is 1. The Kier molecular flexibility index (Phi) is 1.70. The van der Waals surface area contributed by atoms with Crippen molar-refractivity contribution in [2.75, 3.05) is 0 Å². The number of nitrogens with two attached hydrogens (primary N) is 1. The Balaban J connectivity index is 2.02. The summed E-state index contributed by atoms with van der Waals surface area (Å²) < 4.78 is 6.02. The second-order valence-electron chi connectivity index (χ2n) is 5.38. The topological polar surface area (TPSA) is 35.2 Å². The number of hydrogen-bond acceptors (Lipinski definition) is 2. The molecule has 2 heteroatoms. The van der Waals surface area contributed by atoms with Crippen molar-refractivity contribution in [3.63, 3.8) is 0 Å². The van der Waals surface area contributed by atoms with E-state index in [0.717, 1.165) is 18.6 Å². The fraction of sp³-hybridized carbons (Fsp3) is 0.538. The Morgan fingerprint density at radius 2 is 2.13 bits per heavy atom. The van der Waals surface area contributed by atoms with Gasteiger partial charge in [0.1, 0.15) is 11.4 Å². The van der Waals surface area contributed by atoms with E-state index >= 15 is 0 Å². The SMILES string of the molecule is CC1(C)Cc2cccc(C3CC3N)c2O1. The number of hydrogen-bond donors (Lipinski definition) is 1. The lowest BCUT2D eigenvalue weighted by atomic mass is 9.99. The van der Waals surface area contributed by atoms with Gasteiger partial charge >= 0.3 is 0 Å². The van der Waals surface area contributed by atoms with Gasteiger partial charge in [-0.25, -0.2) is 0 Å². The lowest BCUT2D eigenvalue weighted by Gasteiger charge is -2.18. The van der Waals surface area contributed by atoms with Crippen molar-refractivity contribution in [2.24, 2.45) is 5.73 Å². The smallest absolute Gasteiger partial charge is 0.126 e. The molecule has 0 radical (unpaired) electrons. The maximum Gasteiger partial charge on any atom is 0.126 e.